The molecule has 0 amide bonds. The molecule has 129 valence electrons. The average molecular weight is 512 g/mol. The summed E-state index contributed by atoms with van der Waals surface area (Å²) in [4.78, 5) is 0. The van der Waals surface area contributed by atoms with Crippen LogP contribution >= 0.6 is 0 Å². The summed E-state index contributed by atoms with van der Waals surface area (Å²) >= 11 is 0. The Labute approximate surface area is 159 Å². The second-order valence-corrected chi connectivity index (χ2v) is 0. The summed E-state index contributed by atoms with van der Waals surface area (Å²) in [5.41, 5.74) is 0. The molecule has 0 unspecified atom stereocenters. The van der Waals surface area contributed by atoms with Gasteiger partial charge in [0.1, 0.15) is 0 Å². The van der Waals surface area contributed by atoms with Crippen LogP contribution in [0.5, 0.6) is 0 Å². The van der Waals surface area contributed by atoms with E-state index in [9.17, 15) is 0 Å². The van der Waals surface area contributed by atoms with E-state index in [0.717, 1.165) is 0 Å². The van der Waals surface area contributed by atoms with Crippen LogP contribution in [0.15, 0.2) is 0 Å². The first-order valence-corrected chi connectivity index (χ1v) is 0. The normalized spacial score (nSPS) is 0. The van der Waals surface area contributed by atoms with Crippen molar-refractivity contribution >= 4 is 0 Å². The molecule has 0 saturated carbocycles. The molecule has 0 aliphatic carbocycles. The van der Waals surface area contributed by atoms with Crippen LogP contribution in [-0.4, -0.2) is 71.2 Å². The summed E-state index contributed by atoms with van der Waals surface area (Å²) in [6.07, 6.45) is 0. The van der Waals surface area contributed by atoms with Crippen LogP contribution < -0.4 is 0 Å². The Morgan fingerprint density at radius 1 is 0.333 bits per heavy atom. The third-order valence-corrected chi connectivity index (χ3v) is 0. The van der Waals surface area contributed by atoms with Crippen molar-refractivity contribution in [2.45, 2.75) is 0 Å². The van der Waals surface area contributed by atoms with E-state index in [2.05, 4.69) is 0 Å². The van der Waals surface area contributed by atoms with Gasteiger partial charge in [-0.15, -0.1) is 0 Å². The molecule has 13 nitrogen and oxygen atoms in total. The van der Waals surface area contributed by atoms with E-state index >= 15 is 0 Å². The van der Waals surface area contributed by atoms with Crippen molar-refractivity contribution < 1.29 is 160 Å². The van der Waals surface area contributed by atoms with Gasteiger partial charge in [-0.05, 0) is 0 Å². The number of hydrogen-bond donors (Lipinski definition) is 0. The molecule has 0 rings (SSSR count). The van der Waals surface area contributed by atoms with Crippen LogP contribution in [0.4, 0.5) is 0 Å². The van der Waals surface area contributed by atoms with Crippen molar-refractivity contribution in [1.82, 2.24) is 0 Å². The Bertz CT molecular complexity index is 27.0. The van der Waals surface area contributed by atoms with Gasteiger partial charge >= 0.3 is 70.7 Å². The van der Waals surface area contributed by atoms with Gasteiger partial charge in [0.25, 0.3) is 0 Å². The summed E-state index contributed by atoms with van der Waals surface area (Å²) < 4.78 is 0. The van der Waals surface area contributed by atoms with Gasteiger partial charge in [0, 0.05) is 18.6 Å². The second kappa shape index (κ2) is 1270. The van der Waals surface area contributed by atoms with E-state index in [0.29, 0.717) is 0 Å². The zero-order valence-electron chi connectivity index (χ0n) is 8.00. The Balaban J connectivity index is 0. The van der Waals surface area contributed by atoms with Crippen molar-refractivity contribution in [3.63, 3.8) is 0 Å². The third-order valence-electron chi connectivity index (χ3n) is 0. The standard InChI is InChI=1S/Cu.Fe.Mn.13H2O.V.Zn/h;;;13*1H2;;/q3*+2;;;;;;;;;;;;;;;+2/p-13. The summed E-state index contributed by atoms with van der Waals surface area (Å²) in [6, 6.07) is 0. The van der Waals surface area contributed by atoms with Crippen molar-refractivity contribution in [3.8, 4) is 0 Å². The maximum atomic E-state index is 0. The molecule has 0 bridgehead atoms. The molecule has 13 N–H and O–H groups in total. The van der Waals surface area contributed by atoms with Crippen LogP contribution in [0.25, 0.3) is 0 Å². The molecule has 0 aliphatic heterocycles. The van der Waals surface area contributed by atoms with E-state index in [1.54, 1.807) is 0 Å². The molecule has 0 aromatic carbocycles. The minimum Gasteiger partial charge on any atom is -0.870 e. The SMILES string of the molecule is [Cu+2].[Fe+2].[Mn+2].[OH-].[OH-].[OH-].[OH-].[OH-].[OH-].[OH-].[OH-].[OH-].[OH-].[OH-].[OH-].[OH-].[V].[Zn+2]. The minimum atomic E-state index is 0. The smallest absolute Gasteiger partial charge is 0.870 e. The Morgan fingerprint density at radius 3 is 0.333 bits per heavy atom. The molecule has 0 aliphatic rings. The van der Waals surface area contributed by atoms with Crippen LogP contribution in [-0.2, 0) is 89.2 Å². The molecule has 0 fully saturated rings. The zero-order chi connectivity index (χ0) is 0. The predicted octanol–water partition coefficient (Wildman–Crippen LogP) is -2.31. The quantitative estimate of drug-likeness (QED) is 0.308. The van der Waals surface area contributed by atoms with Crippen LogP contribution in [0.2, 0.25) is 0 Å². The molecule has 3 radical (unpaired) electrons. The molecule has 0 aromatic heterocycles. The van der Waals surface area contributed by atoms with Crippen molar-refractivity contribution in [3.05, 3.63) is 0 Å². The first-order valence-electron chi connectivity index (χ1n) is 0. The number of rotatable bonds is 0. The Hall–Kier alpha value is 2.25. The Morgan fingerprint density at radius 2 is 0.333 bits per heavy atom. The van der Waals surface area contributed by atoms with E-state index in [1.807, 2.05) is 0 Å². The van der Waals surface area contributed by atoms with Gasteiger partial charge in [-0.3, -0.25) is 0 Å². The molecule has 0 spiro atoms. The molecule has 0 aromatic rings. The van der Waals surface area contributed by atoms with Gasteiger partial charge in [0.15, 0.2) is 0 Å². The fourth-order valence-electron chi connectivity index (χ4n) is 0. The molecule has 18 heteroatoms. The fourth-order valence-corrected chi connectivity index (χ4v) is 0. The molecule has 0 heterocycles. The van der Waals surface area contributed by atoms with Crippen LogP contribution in [0.3, 0.4) is 0 Å². The first-order chi connectivity index (χ1) is 0. The molecule has 18 heavy (non-hydrogen) atoms. The topological polar surface area (TPSA) is 390 Å². The summed E-state index contributed by atoms with van der Waals surface area (Å²) in [5.74, 6) is 0. The van der Waals surface area contributed by atoms with E-state index in [4.69, 9.17) is 0 Å². The van der Waals surface area contributed by atoms with Gasteiger partial charge in [-0.25, -0.2) is 0 Å². The van der Waals surface area contributed by atoms with Gasteiger partial charge in [-0.1, -0.05) is 0 Å². The van der Waals surface area contributed by atoms with Gasteiger partial charge in [0.05, 0.1) is 0 Å². The van der Waals surface area contributed by atoms with Gasteiger partial charge in [-0.2, -0.15) is 0 Å². The van der Waals surface area contributed by atoms with E-state index in [1.165, 1.54) is 0 Å². The fraction of sp³-hybridized carbons (Fsp3) is 0. The second-order valence-electron chi connectivity index (χ2n) is 0. The predicted molar refractivity (Wildman–Crippen MR) is 25.2 cm³/mol. The zero-order valence-corrected chi connectivity index (χ0v) is 15.6. The monoisotopic (exact) mass is 510 g/mol. The Kier molecular flexibility index (Phi) is 105000. The summed E-state index contributed by atoms with van der Waals surface area (Å²) in [7, 11) is 0. The average Bonchev–Trinajstić information content (AvgIpc) is 0. The molecule has 0 saturated heterocycles. The van der Waals surface area contributed by atoms with Gasteiger partial charge < -0.3 is 71.2 Å². The van der Waals surface area contributed by atoms with Crippen molar-refractivity contribution in [1.29, 1.82) is 0 Å². The van der Waals surface area contributed by atoms with Crippen LogP contribution in [0.1, 0.15) is 0 Å². The maximum absolute atomic E-state index is 0. The van der Waals surface area contributed by atoms with E-state index < -0.39 is 0 Å². The minimum absolute atomic E-state index is 0. The molecule has 0 atom stereocenters. The van der Waals surface area contributed by atoms with Gasteiger partial charge in [0.2, 0.25) is 0 Å². The molecular formula is H13CuFeMnO13VZn-5. The first kappa shape index (κ1) is 1490. The van der Waals surface area contributed by atoms with Crippen LogP contribution in [0, 0.1) is 0 Å². The summed E-state index contributed by atoms with van der Waals surface area (Å²) in [6.45, 7) is 0. The number of hydrogen-bond acceptors (Lipinski definition) is 13. The van der Waals surface area contributed by atoms with Crippen molar-refractivity contribution in [2.24, 2.45) is 0 Å². The third kappa shape index (κ3) is 1080. The molecular weight excluding hydrogens is 499 g/mol. The largest absolute Gasteiger partial charge is 2.00 e. The van der Waals surface area contributed by atoms with Crippen molar-refractivity contribution in [2.75, 3.05) is 0 Å². The summed E-state index contributed by atoms with van der Waals surface area (Å²) in [5, 5.41) is 0. The van der Waals surface area contributed by atoms with E-state index in [-0.39, 0.29) is 160 Å². The maximum Gasteiger partial charge on any atom is 2.00 e.